The van der Waals surface area contributed by atoms with E-state index < -0.39 is 0 Å². The molecule has 0 fully saturated rings. The second kappa shape index (κ2) is 7.22. The van der Waals surface area contributed by atoms with Crippen LogP contribution < -0.4 is 5.48 Å². The van der Waals surface area contributed by atoms with Gasteiger partial charge in [-0.2, -0.15) is 5.48 Å². The van der Waals surface area contributed by atoms with Gasteiger partial charge in [0.1, 0.15) is 0 Å². The van der Waals surface area contributed by atoms with Crippen LogP contribution in [0.5, 0.6) is 0 Å². The van der Waals surface area contributed by atoms with Crippen LogP contribution in [0.3, 0.4) is 0 Å². The van der Waals surface area contributed by atoms with E-state index in [1.54, 1.807) is 0 Å². The second-order valence-corrected chi connectivity index (χ2v) is 5.27. The molecule has 2 nitrogen and oxygen atoms in total. The Morgan fingerprint density at radius 2 is 1.94 bits per heavy atom. The third-order valence-electron chi connectivity index (χ3n) is 2.40. The average molecular weight is 276 g/mol. The lowest BCUT2D eigenvalue weighted by Gasteiger charge is -2.18. The van der Waals surface area contributed by atoms with Gasteiger partial charge in [-0.05, 0) is 30.0 Å². The second-order valence-electron chi connectivity index (χ2n) is 4.46. The quantitative estimate of drug-likeness (QED) is 0.765. The fourth-order valence-electron chi connectivity index (χ4n) is 1.43. The highest BCUT2D eigenvalue weighted by molar-refractivity contribution is 6.42. The van der Waals surface area contributed by atoms with Crippen molar-refractivity contribution in [1.82, 2.24) is 5.48 Å². The van der Waals surface area contributed by atoms with Crippen molar-refractivity contribution in [2.24, 2.45) is 5.92 Å². The lowest BCUT2D eigenvalue weighted by atomic mass is 10.1. The van der Waals surface area contributed by atoms with Gasteiger partial charge in [-0.15, -0.1) is 0 Å². The summed E-state index contributed by atoms with van der Waals surface area (Å²) < 4.78 is 0. The Kier molecular flexibility index (Phi) is 6.28. The fourth-order valence-corrected chi connectivity index (χ4v) is 1.74. The molecule has 0 saturated carbocycles. The van der Waals surface area contributed by atoms with Gasteiger partial charge in [0.15, 0.2) is 0 Å². The van der Waals surface area contributed by atoms with Crippen LogP contribution in [0.2, 0.25) is 10.0 Å². The van der Waals surface area contributed by atoms with Crippen LogP contribution in [0.4, 0.5) is 0 Å². The van der Waals surface area contributed by atoms with E-state index in [1.165, 1.54) is 0 Å². The molecule has 1 aromatic carbocycles. The van der Waals surface area contributed by atoms with Gasteiger partial charge < -0.3 is 4.84 Å². The molecular weight excluding hydrogens is 257 g/mol. The first kappa shape index (κ1) is 14.8. The van der Waals surface area contributed by atoms with Crippen LogP contribution in [0.25, 0.3) is 0 Å². The number of hydrogen-bond donors (Lipinski definition) is 1. The zero-order valence-electron chi connectivity index (χ0n) is 10.5. The van der Waals surface area contributed by atoms with Crippen molar-refractivity contribution in [3.8, 4) is 0 Å². The first-order valence-electron chi connectivity index (χ1n) is 5.86. The van der Waals surface area contributed by atoms with Gasteiger partial charge in [0.2, 0.25) is 0 Å². The Hall–Kier alpha value is -0.280. The predicted molar refractivity (Wildman–Crippen MR) is 73.4 cm³/mol. The molecule has 96 valence electrons. The zero-order chi connectivity index (χ0) is 12.8. The van der Waals surface area contributed by atoms with Crippen LogP contribution in [0.15, 0.2) is 18.2 Å². The monoisotopic (exact) mass is 275 g/mol. The Morgan fingerprint density at radius 1 is 1.24 bits per heavy atom. The molecule has 0 radical (unpaired) electrons. The topological polar surface area (TPSA) is 21.3 Å². The maximum absolute atomic E-state index is 6.00. The van der Waals surface area contributed by atoms with E-state index in [4.69, 9.17) is 28.0 Å². The van der Waals surface area contributed by atoms with Crippen LogP contribution in [-0.4, -0.2) is 6.61 Å². The standard InChI is InChI=1S/C13H19Cl2NO/c1-4-13(16-17-8-9(2)3)10-5-6-11(14)12(15)7-10/h5-7,9,13,16H,4,8H2,1-3H3. The highest BCUT2D eigenvalue weighted by atomic mass is 35.5. The van der Waals surface area contributed by atoms with Crippen LogP contribution in [-0.2, 0) is 4.84 Å². The highest BCUT2D eigenvalue weighted by Crippen LogP contribution is 2.26. The molecule has 0 spiro atoms. The molecule has 0 aliphatic heterocycles. The normalized spacial score (nSPS) is 13.1. The van der Waals surface area contributed by atoms with Gasteiger partial charge in [-0.3, -0.25) is 0 Å². The first-order chi connectivity index (χ1) is 8.04. The average Bonchev–Trinajstić information content (AvgIpc) is 2.28. The van der Waals surface area contributed by atoms with Crippen LogP contribution in [0, 0.1) is 5.92 Å². The van der Waals surface area contributed by atoms with Crippen molar-refractivity contribution in [1.29, 1.82) is 0 Å². The zero-order valence-corrected chi connectivity index (χ0v) is 12.0. The minimum atomic E-state index is 0.142. The molecule has 0 aromatic heterocycles. The summed E-state index contributed by atoms with van der Waals surface area (Å²) in [6, 6.07) is 5.80. The van der Waals surface area contributed by atoms with E-state index in [-0.39, 0.29) is 6.04 Å². The number of nitrogens with one attached hydrogen (secondary N) is 1. The predicted octanol–water partition coefficient (Wildman–Crippen LogP) is 4.62. The minimum absolute atomic E-state index is 0.142. The van der Waals surface area contributed by atoms with Crippen molar-refractivity contribution in [3.05, 3.63) is 33.8 Å². The van der Waals surface area contributed by atoms with Crippen molar-refractivity contribution >= 4 is 23.2 Å². The Bertz CT molecular complexity index is 355. The number of benzene rings is 1. The van der Waals surface area contributed by atoms with E-state index in [2.05, 4.69) is 26.3 Å². The third-order valence-corrected chi connectivity index (χ3v) is 3.14. The molecule has 1 unspecified atom stereocenters. The molecule has 0 aliphatic carbocycles. The minimum Gasteiger partial charge on any atom is -0.301 e. The number of hydroxylamine groups is 1. The van der Waals surface area contributed by atoms with Gasteiger partial charge in [0.25, 0.3) is 0 Å². The highest BCUT2D eigenvalue weighted by Gasteiger charge is 2.11. The van der Waals surface area contributed by atoms with Gasteiger partial charge in [-0.1, -0.05) is 50.0 Å². The Morgan fingerprint density at radius 3 is 2.47 bits per heavy atom. The molecule has 0 aliphatic rings. The molecule has 1 aromatic rings. The summed E-state index contributed by atoms with van der Waals surface area (Å²) in [6.07, 6.45) is 0.927. The molecule has 17 heavy (non-hydrogen) atoms. The molecular formula is C13H19Cl2NO. The van der Waals surface area contributed by atoms with E-state index in [0.717, 1.165) is 12.0 Å². The molecule has 0 bridgehead atoms. The summed E-state index contributed by atoms with van der Waals surface area (Å²) in [6.45, 7) is 7.01. The SMILES string of the molecule is CCC(NOCC(C)C)c1ccc(Cl)c(Cl)c1. The lowest BCUT2D eigenvalue weighted by molar-refractivity contribution is -0.000579. The maximum atomic E-state index is 6.00. The summed E-state index contributed by atoms with van der Waals surface area (Å²) in [4.78, 5) is 5.45. The van der Waals surface area contributed by atoms with E-state index in [9.17, 15) is 0 Å². The molecule has 0 saturated heterocycles. The molecule has 1 atom stereocenters. The van der Waals surface area contributed by atoms with E-state index in [0.29, 0.717) is 22.6 Å². The van der Waals surface area contributed by atoms with Gasteiger partial charge >= 0.3 is 0 Å². The van der Waals surface area contributed by atoms with Crippen molar-refractivity contribution in [2.75, 3.05) is 6.61 Å². The van der Waals surface area contributed by atoms with Gasteiger partial charge in [-0.25, -0.2) is 0 Å². The van der Waals surface area contributed by atoms with E-state index >= 15 is 0 Å². The summed E-state index contributed by atoms with van der Waals surface area (Å²) in [7, 11) is 0. The number of rotatable bonds is 6. The van der Waals surface area contributed by atoms with Crippen LogP contribution in [0.1, 0.15) is 38.8 Å². The van der Waals surface area contributed by atoms with E-state index in [1.807, 2.05) is 18.2 Å². The van der Waals surface area contributed by atoms with Gasteiger partial charge in [0.05, 0.1) is 22.7 Å². The Labute approximate surface area is 113 Å². The molecule has 1 rings (SSSR count). The molecule has 4 heteroatoms. The number of halogens is 2. The maximum Gasteiger partial charge on any atom is 0.0705 e. The summed E-state index contributed by atoms with van der Waals surface area (Å²) in [5.74, 6) is 0.508. The summed E-state index contributed by atoms with van der Waals surface area (Å²) in [5.41, 5.74) is 4.15. The summed E-state index contributed by atoms with van der Waals surface area (Å²) in [5, 5.41) is 1.15. The van der Waals surface area contributed by atoms with Crippen molar-refractivity contribution in [2.45, 2.75) is 33.2 Å². The first-order valence-corrected chi connectivity index (χ1v) is 6.62. The van der Waals surface area contributed by atoms with Crippen molar-refractivity contribution in [3.63, 3.8) is 0 Å². The fraction of sp³-hybridized carbons (Fsp3) is 0.538. The Balaban J connectivity index is 2.62. The molecule has 0 heterocycles. The largest absolute Gasteiger partial charge is 0.301 e. The number of hydrogen-bond acceptors (Lipinski definition) is 2. The molecule has 1 N–H and O–H groups in total. The van der Waals surface area contributed by atoms with Crippen LogP contribution >= 0.6 is 23.2 Å². The van der Waals surface area contributed by atoms with Gasteiger partial charge in [0, 0.05) is 0 Å². The molecule has 0 amide bonds. The lowest BCUT2D eigenvalue weighted by Crippen LogP contribution is -2.23. The smallest absolute Gasteiger partial charge is 0.0705 e. The van der Waals surface area contributed by atoms with Crippen molar-refractivity contribution < 1.29 is 4.84 Å². The summed E-state index contributed by atoms with van der Waals surface area (Å²) >= 11 is 11.9. The third kappa shape index (κ3) is 4.84.